The van der Waals surface area contributed by atoms with Crippen LogP contribution in [0.15, 0.2) is 12.3 Å². The van der Waals surface area contributed by atoms with Crippen molar-refractivity contribution in [3.63, 3.8) is 0 Å². The molecule has 20 heavy (non-hydrogen) atoms. The summed E-state index contributed by atoms with van der Waals surface area (Å²) in [5.41, 5.74) is 1.83. The van der Waals surface area contributed by atoms with Crippen LogP contribution in [0.2, 0.25) is 0 Å². The van der Waals surface area contributed by atoms with Crippen LogP contribution in [0.25, 0.3) is 0 Å². The minimum Gasteiger partial charge on any atom is -0.478 e. The van der Waals surface area contributed by atoms with Crippen LogP contribution >= 0.6 is 0 Å². The third-order valence-electron chi connectivity index (χ3n) is 4.17. The fourth-order valence-corrected chi connectivity index (χ4v) is 3.07. The maximum Gasteiger partial charge on any atom is 0.339 e. The van der Waals surface area contributed by atoms with E-state index in [1.807, 2.05) is 13.0 Å². The summed E-state index contributed by atoms with van der Waals surface area (Å²) in [6.07, 6.45) is 8.78. The maximum absolute atomic E-state index is 11.2. The fraction of sp³-hybridized carbons (Fsp3) is 0.625. The lowest BCUT2D eigenvalue weighted by molar-refractivity contribution is 0.0697. The number of carboxylic acids is 1. The molecule has 0 amide bonds. The number of nitrogens with zero attached hydrogens (tertiary/aromatic N) is 1. The number of aromatic carboxylic acids is 1. The fourth-order valence-electron chi connectivity index (χ4n) is 3.07. The van der Waals surface area contributed by atoms with Crippen LogP contribution in [0.3, 0.4) is 0 Å². The predicted molar refractivity (Wildman–Crippen MR) is 80.2 cm³/mol. The van der Waals surface area contributed by atoms with E-state index in [1.54, 1.807) is 0 Å². The number of carboxylic acid groups (broad SMARTS) is 1. The highest BCUT2D eigenvalue weighted by molar-refractivity contribution is 5.93. The number of aryl methyl sites for hydroxylation is 1. The zero-order valence-corrected chi connectivity index (χ0v) is 12.4. The van der Waals surface area contributed by atoms with E-state index in [0.29, 0.717) is 11.7 Å². The molecule has 4 nitrogen and oxygen atoms in total. The van der Waals surface area contributed by atoms with Crippen molar-refractivity contribution < 1.29 is 9.90 Å². The number of rotatable bonds is 5. The Labute approximate surface area is 120 Å². The van der Waals surface area contributed by atoms with Crippen LogP contribution in [0.1, 0.15) is 61.5 Å². The Bertz CT molecular complexity index is 466. The van der Waals surface area contributed by atoms with E-state index in [9.17, 15) is 9.90 Å². The molecule has 0 aromatic carbocycles. The van der Waals surface area contributed by atoms with E-state index in [4.69, 9.17) is 0 Å². The molecule has 2 rings (SSSR count). The van der Waals surface area contributed by atoms with E-state index >= 15 is 0 Å². The summed E-state index contributed by atoms with van der Waals surface area (Å²) < 4.78 is 0. The normalized spacial score (nSPS) is 22.5. The molecule has 110 valence electrons. The topological polar surface area (TPSA) is 62.2 Å². The van der Waals surface area contributed by atoms with Crippen molar-refractivity contribution in [2.75, 3.05) is 5.32 Å². The SMILES string of the molecule is CCCC1CCC(Nc2cc(C)ncc2C(=O)O)CC1. The molecule has 1 aliphatic carbocycles. The van der Waals surface area contributed by atoms with Crippen molar-refractivity contribution in [1.29, 1.82) is 0 Å². The molecule has 0 atom stereocenters. The standard InChI is InChI=1S/C16H24N2O2/c1-3-4-12-5-7-13(8-6-12)18-15-9-11(2)17-10-14(15)16(19)20/h9-10,12-13H,3-8H2,1-2H3,(H,17,18)(H,19,20). The van der Waals surface area contributed by atoms with E-state index in [-0.39, 0.29) is 5.56 Å². The van der Waals surface area contributed by atoms with E-state index in [1.165, 1.54) is 31.9 Å². The Hall–Kier alpha value is -1.58. The van der Waals surface area contributed by atoms with Gasteiger partial charge in [0.2, 0.25) is 0 Å². The Morgan fingerprint density at radius 1 is 1.40 bits per heavy atom. The minimum atomic E-state index is -0.917. The second-order valence-corrected chi connectivity index (χ2v) is 5.83. The highest BCUT2D eigenvalue weighted by Crippen LogP contribution is 2.30. The Morgan fingerprint density at radius 2 is 2.10 bits per heavy atom. The molecule has 4 heteroatoms. The van der Waals surface area contributed by atoms with Gasteiger partial charge in [-0.25, -0.2) is 4.79 Å². The van der Waals surface area contributed by atoms with Gasteiger partial charge in [0.15, 0.2) is 0 Å². The highest BCUT2D eigenvalue weighted by atomic mass is 16.4. The average Bonchev–Trinajstić information content (AvgIpc) is 2.41. The summed E-state index contributed by atoms with van der Waals surface area (Å²) in [7, 11) is 0. The van der Waals surface area contributed by atoms with Crippen LogP contribution in [-0.4, -0.2) is 22.1 Å². The second kappa shape index (κ2) is 6.73. The summed E-state index contributed by atoms with van der Waals surface area (Å²) in [6.45, 7) is 4.12. The van der Waals surface area contributed by atoms with Crippen LogP contribution in [0.4, 0.5) is 5.69 Å². The summed E-state index contributed by atoms with van der Waals surface area (Å²) in [5.74, 6) is -0.0594. The second-order valence-electron chi connectivity index (χ2n) is 5.83. The number of hydrogen-bond acceptors (Lipinski definition) is 3. The smallest absolute Gasteiger partial charge is 0.339 e. The van der Waals surface area contributed by atoms with Crippen molar-refractivity contribution in [1.82, 2.24) is 4.98 Å². The molecule has 0 aliphatic heterocycles. The summed E-state index contributed by atoms with van der Waals surface area (Å²) in [5, 5.41) is 12.6. The number of anilines is 1. The summed E-state index contributed by atoms with van der Waals surface area (Å²) in [4.78, 5) is 15.3. The Morgan fingerprint density at radius 3 is 2.70 bits per heavy atom. The lowest BCUT2D eigenvalue weighted by Crippen LogP contribution is -2.27. The molecular weight excluding hydrogens is 252 g/mol. The Kier molecular flexibility index (Phi) is 4.99. The molecule has 0 saturated heterocycles. The monoisotopic (exact) mass is 276 g/mol. The van der Waals surface area contributed by atoms with Gasteiger partial charge in [-0.05, 0) is 44.6 Å². The van der Waals surface area contributed by atoms with Crippen LogP contribution in [-0.2, 0) is 0 Å². The number of carbonyl (C=O) groups is 1. The van der Waals surface area contributed by atoms with Gasteiger partial charge in [0.1, 0.15) is 5.56 Å². The molecule has 1 saturated carbocycles. The molecule has 1 heterocycles. The van der Waals surface area contributed by atoms with Crippen molar-refractivity contribution in [2.45, 2.75) is 58.4 Å². The third-order valence-corrected chi connectivity index (χ3v) is 4.17. The molecule has 1 aromatic heterocycles. The summed E-state index contributed by atoms with van der Waals surface area (Å²) >= 11 is 0. The van der Waals surface area contributed by atoms with Gasteiger partial charge in [-0.2, -0.15) is 0 Å². The first-order chi connectivity index (χ1) is 9.60. The van der Waals surface area contributed by atoms with Crippen LogP contribution in [0.5, 0.6) is 0 Å². The van der Waals surface area contributed by atoms with Crippen LogP contribution in [0, 0.1) is 12.8 Å². The molecule has 0 bridgehead atoms. The van der Waals surface area contributed by atoms with Crippen LogP contribution < -0.4 is 5.32 Å². The molecule has 0 radical (unpaired) electrons. The molecule has 1 aliphatic rings. The largest absolute Gasteiger partial charge is 0.478 e. The van der Waals surface area contributed by atoms with Gasteiger partial charge in [0.05, 0.1) is 5.69 Å². The number of aromatic nitrogens is 1. The van der Waals surface area contributed by atoms with Crippen molar-refractivity contribution in [2.24, 2.45) is 5.92 Å². The molecule has 1 fully saturated rings. The zero-order chi connectivity index (χ0) is 14.5. The number of nitrogens with one attached hydrogen (secondary N) is 1. The first-order valence-corrected chi connectivity index (χ1v) is 7.56. The Balaban J connectivity index is 2.00. The first-order valence-electron chi connectivity index (χ1n) is 7.56. The van der Waals surface area contributed by atoms with Gasteiger partial charge >= 0.3 is 5.97 Å². The zero-order valence-electron chi connectivity index (χ0n) is 12.4. The first kappa shape index (κ1) is 14.8. The van der Waals surface area contributed by atoms with Gasteiger partial charge in [0.25, 0.3) is 0 Å². The third kappa shape index (κ3) is 3.71. The number of pyridine rings is 1. The summed E-state index contributed by atoms with van der Waals surface area (Å²) in [6, 6.07) is 2.23. The predicted octanol–water partition coefficient (Wildman–Crippen LogP) is 3.86. The molecule has 2 N–H and O–H groups in total. The van der Waals surface area contributed by atoms with Gasteiger partial charge < -0.3 is 10.4 Å². The van der Waals surface area contributed by atoms with Crippen molar-refractivity contribution in [3.8, 4) is 0 Å². The molecule has 0 spiro atoms. The quantitative estimate of drug-likeness (QED) is 0.857. The van der Waals surface area contributed by atoms with Crippen molar-refractivity contribution >= 4 is 11.7 Å². The lowest BCUT2D eigenvalue weighted by Gasteiger charge is -2.30. The number of hydrogen-bond donors (Lipinski definition) is 2. The van der Waals surface area contributed by atoms with Gasteiger partial charge in [-0.15, -0.1) is 0 Å². The molecule has 0 unspecified atom stereocenters. The van der Waals surface area contributed by atoms with Crippen molar-refractivity contribution in [3.05, 3.63) is 23.5 Å². The minimum absolute atomic E-state index is 0.270. The highest BCUT2D eigenvalue weighted by Gasteiger charge is 2.22. The lowest BCUT2D eigenvalue weighted by atomic mass is 9.83. The molecular formula is C16H24N2O2. The maximum atomic E-state index is 11.2. The van der Waals surface area contributed by atoms with E-state index < -0.39 is 5.97 Å². The molecule has 1 aromatic rings. The van der Waals surface area contributed by atoms with E-state index in [0.717, 1.165) is 24.5 Å². The average molecular weight is 276 g/mol. The van der Waals surface area contributed by atoms with E-state index in [2.05, 4.69) is 17.2 Å². The van der Waals surface area contributed by atoms with Gasteiger partial charge in [0, 0.05) is 17.9 Å². The van der Waals surface area contributed by atoms with Gasteiger partial charge in [-0.3, -0.25) is 4.98 Å². The van der Waals surface area contributed by atoms with Gasteiger partial charge in [-0.1, -0.05) is 19.8 Å².